The standard InChI is InChI=1S/C23H44O3/c1-5-16-25-17-18-26-23(24)22-14-12-21(13-15-22)11-7-10-20(4)9-6-8-19(2)3/h19-22H,5-18H2,1-4H3. The second kappa shape index (κ2) is 14.5. The lowest BCUT2D eigenvalue weighted by atomic mass is 9.79. The molecule has 0 N–H and O–H groups in total. The molecule has 0 aromatic heterocycles. The molecule has 1 atom stereocenters. The molecular weight excluding hydrogens is 324 g/mol. The van der Waals surface area contributed by atoms with Crippen LogP contribution in [0.5, 0.6) is 0 Å². The van der Waals surface area contributed by atoms with E-state index in [1.165, 1.54) is 51.4 Å². The van der Waals surface area contributed by atoms with Crippen LogP contribution in [-0.4, -0.2) is 25.8 Å². The van der Waals surface area contributed by atoms with Crippen LogP contribution in [0.3, 0.4) is 0 Å². The Hall–Kier alpha value is -0.570. The van der Waals surface area contributed by atoms with E-state index in [9.17, 15) is 4.79 Å². The number of carbonyl (C=O) groups is 1. The highest BCUT2D eigenvalue weighted by atomic mass is 16.6. The van der Waals surface area contributed by atoms with Crippen molar-refractivity contribution in [1.29, 1.82) is 0 Å². The van der Waals surface area contributed by atoms with Crippen molar-refractivity contribution < 1.29 is 14.3 Å². The van der Waals surface area contributed by atoms with Crippen molar-refractivity contribution in [3.63, 3.8) is 0 Å². The Labute approximate surface area is 162 Å². The van der Waals surface area contributed by atoms with E-state index in [0.29, 0.717) is 13.2 Å². The Balaban J connectivity index is 2.04. The van der Waals surface area contributed by atoms with Gasteiger partial charge in [0.2, 0.25) is 0 Å². The van der Waals surface area contributed by atoms with Crippen LogP contribution < -0.4 is 0 Å². The summed E-state index contributed by atoms with van der Waals surface area (Å²) >= 11 is 0. The smallest absolute Gasteiger partial charge is 0.309 e. The van der Waals surface area contributed by atoms with E-state index in [1.54, 1.807) is 0 Å². The fourth-order valence-corrected chi connectivity index (χ4v) is 4.03. The first-order valence-electron chi connectivity index (χ1n) is 11.3. The average molecular weight is 369 g/mol. The highest BCUT2D eigenvalue weighted by Crippen LogP contribution is 2.33. The minimum absolute atomic E-state index is 0.00215. The minimum Gasteiger partial charge on any atom is -0.463 e. The van der Waals surface area contributed by atoms with Crippen molar-refractivity contribution in [1.82, 2.24) is 0 Å². The summed E-state index contributed by atoms with van der Waals surface area (Å²) in [6.07, 6.45) is 13.7. The first kappa shape index (κ1) is 23.5. The summed E-state index contributed by atoms with van der Waals surface area (Å²) in [5, 5.41) is 0. The average Bonchev–Trinajstić information content (AvgIpc) is 2.61. The zero-order valence-corrected chi connectivity index (χ0v) is 17.9. The van der Waals surface area contributed by atoms with Crippen LogP contribution in [-0.2, 0) is 14.3 Å². The number of hydrogen-bond acceptors (Lipinski definition) is 3. The molecular formula is C23H44O3. The van der Waals surface area contributed by atoms with Crippen LogP contribution in [0.4, 0.5) is 0 Å². The van der Waals surface area contributed by atoms with Gasteiger partial charge in [-0.2, -0.15) is 0 Å². The molecule has 1 fully saturated rings. The Morgan fingerprint density at radius 1 is 0.923 bits per heavy atom. The molecule has 3 nitrogen and oxygen atoms in total. The van der Waals surface area contributed by atoms with Crippen LogP contribution >= 0.6 is 0 Å². The third-order valence-electron chi connectivity index (χ3n) is 5.79. The van der Waals surface area contributed by atoms with Gasteiger partial charge < -0.3 is 9.47 Å². The van der Waals surface area contributed by atoms with Crippen molar-refractivity contribution >= 4 is 5.97 Å². The fourth-order valence-electron chi connectivity index (χ4n) is 4.03. The molecule has 1 saturated carbocycles. The number of carbonyl (C=O) groups excluding carboxylic acids is 1. The van der Waals surface area contributed by atoms with Gasteiger partial charge in [-0.05, 0) is 49.9 Å². The summed E-state index contributed by atoms with van der Waals surface area (Å²) < 4.78 is 10.7. The summed E-state index contributed by atoms with van der Waals surface area (Å²) in [5.41, 5.74) is 0. The second-order valence-corrected chi connectivity index (χ2v) is 8.86. The van der Waals surface area contributed by atoms with Gasteiger partial charge in [0, 0.05) is 6.61 Å². The molecule has 0 saturated heterocycles. The molecule has 26 heavy (non-hydrogen) atoms. The van der Waals surface area contributed by atoms with Crippen molar-refractivity contribution in [2.75, 3.05) is 19.8 Å². The molecule has 1 rings (SSSR count). The molecule has 0 aromatic rings. The lowest BCUT2D eigenvalue weighted by Gasteiger charge is -2.27. The van der Waals surface area contributed by atoms with Gasteiger partial charge in [0.1, 0.15) is 6.61 Å². The van der Waals surface area contributed by atoms with Crippen molar-refractivity contribution in [3.8, 4) is 0 Å². The molecule has 0 aliphatic heterocycles. The minimum atomic E-state index is 0.00215. The molecule has 0 spiro atoms. The van der Waals surface area contributed by atoms with E-state index in [2.05, 4.69) is 27.7 Å². The maximum absolute atomic E-state index is 12.1. The SMILES string of the molecule is CCCOCCOC(=O)C1CCC(CCCC(C)CCCC(C)C)CC1. The quantitative estimate of drug-likeness (QED) is 0.263. The van der Waals surface area contributed by atoms with Gasteiger partial charge in [-0.15, -0.1) is 0 Å². The van der Waals surface area contributed by atoms with Crippen LogP contribution in [0, 0.1) is 23.7 Å². The second-order valence-electron chi connectivity index (χ2n) is 8.86. The van der Waals surface area contributed by atoms with Gasteiger partial charge in [0.15, 0.2) is 0 Å². The van der Waals surface area contributed by atoms with Crippen LogP contribution in [0.2, 0.25) is 0 Å². The summed E-state index contributed by atoms with van der Waals surface area (Å²) in [6, 6.07) is 0. The van der Waals surface area contributed by atoms with Crippen LogP contribution in [0.15, 0.2) is 0 Å². The van der Waals surface area contributed by atoms with E-state index in [0.717, 1.165) is 43.6 Å². The largest absolute Gasteiger partial charge is 0.463 e. The van der Waals surface area contributed by atoms with Gasteiger partial charge in [-0.3, -0.25) is 4.79 Å². The molecule has 0 heterocycles. The predicted molar refractivity (Wildman–Crippen MR) is 109 cm³/mol. The Bertz CT molecular complexity index is 345. The zero-order valence-electron chi connectivity index (χ0n) is 17.9. The van der Waals surface area contributed by atoms with E-state index in [-0.39, 0.29) is 11.9 Å². The number of hydrogen-bond donors (Lipinski definition) is 0. The summed E-state index contributed by atoms with van der Waals surface area (Å²) in [4.78, 5) is 12.1. The number of rotatable bonds is 14. The van der Waals surface area contributed by atoms with E-state index >= 15 is 0 Å². The predicted octanol–water partition coefficient (Wildman–Crippen LogP) is 6.40. The Morgan fingerprint density at radius 2 is 1.62 bits per heavy atom. The van der Waals surface area contributed by atoms with E-state index in [4.69, 9.17) is 9.47 Å². The third kappa shape index (κ3) is 11.2. The monoisotopic (exact) mass is 368 g/mol. The van der Waals surface area contributed by atoms with Gasteiger partial charge >= 0.3 is 5.97 Å². The molecule has 0 radical (unpaired) electrons. The summed E-state index contributed by atoms with van der Waals surface area (Å²) in [5.74, 6) is 2.67. The maximum Gasteiger partial charge on any atom is 0.309 e. The van der Waals surface area contributed by atoms with Crippen molar-refractivity contribution in [2.45, 2.75) is 98.3 Å². The first-order chi connectivity index (χ1) is 12.5. The Morgan fingerprint density at radius 3 is 2.27 bits per heavy atom. The molecule has 0 bridgehead atoms. The van der Waals surface area contributed by atoms with Gasteiger partial charge in [-0.25, -0.2) is 0 Å². The van der Waals surface area contributed by atoms with E-state index < -0.39 is 0 Å². The normalized spacial score (nSPS) is 21.7. The molecule has 154 valence electrons. The summed E-state index contributed by atoms with van der Waals surface area (Å²) in [7, 11) is 0. The lowest BCUT2D eigenvalue weighted by molar-refractivity contribution is -0.151. The van der Waals surface area contributed by atoms with Crippen molar-refractivity contribution in [3.05, 3.63) is 0 Å². The molecule has 1 unspecified atom stereocenters. The maximum atomic E-state index is 12.1. The molecule has 1 aliphatic carbocycles. The molecule has 3 heteroatoms. The third-order valence-corrected chi connectivity index (χ3v) is 5.79. The molecule has 0 aromatic carbocycles. The first-order valence-corrected chi connectivity index (χ1v) is 11.3. The molecule has 0 amide bonds. The highest BCUT2D eigenvalue weighted by molar-refractivity contribution is 5.72. The van der Waals surface area contributed by atoms with Crippen LogP contribution in [0.1, 0.15) is 98.3 Å². The number of esters is 1. The van der Waals surface area contributed by atoms with E-state index in [1.807, 2.05) is 0 Å². The van der Waals surface area contributed by atoms with Gasteiger partial charge in [0.05, 0.1) is 12.5 Å². The zero-order chi connectivity index (χ0) is 19.2. The summed E-state index contributed by atoms with van der Waals surface area (Å²) in [6.45, 7) is 10.8. The van der Waals surface area contributed by atoms with Crippen molar-refractivity contribution in [2.24, 2.45) is 23.7 Å². The van der Waals surface area contributed by atoms with Gasteiger partial charge in [0.25, 0.3) is 0 Å². The van der Waals surface area contributed by atoms with Gasteiger partial charge in [-0.1, -0.05) is 66.2 Å². The lowest BCUT2D eigenvalue weighted by Crippen LogP contribution is -2.25. The fraction of sp³-hybridized carbons (Fsp3) is 0.957. The number of ether oxygens (including phenoxy) is 2. The molecule has 1 aliphatic rings. The van der Waals surface area contributed by atoms with Crippen LogP contribution in [0.25, 0.3) is 0 Å². The topological polar surface area (TPSA) is 35.5 Å². The highest BCUT2D eigenvalue weighted by Gasteiger charge is 2.27. The Kier molecular flexibility index (Phi) is 13.1.